The zero-order valence-electron chi connectivity index (χ0n) is 8.95. The Morgan fingerprint density at radius 1 is 1.47 bits per heavy atom. The first-order valence-corrected chi connectivity index (χ1v) is 5.14. The number of carbonyl (C=O) groups excluding carboxylic acids is 2. The fourth-order valence-corrected chi connectivity index (χ4v) is 2.78. The highest BCUT2D eigenvalue weighted by molar-refractivity contribution is 5.88. The van der Waals surface area contributed by atoms with Gasteiger partial charge in [-0.25, -0.2) is 4.79 Å². The first kappa shape index (κ1) is 10.2. The van der Waals surface area contributed by atoms with Crippen LogP contribution >= 0.6 is 0 Å². The molecular formula is C11H15NO3. The lowest BCUT2D eigenvalue weighted by molar-refractivity contribution is -0.152. The summed E-state index contributed by atoms with van der Waals surface area (Å²) >= 11 is 0. The predicted octanol–water partition coefficient (Wildman–Crippen LogP) is 0.630. The normalized spacial score (nSPS) is 36.7. The zero-order chi connectivity index (χ0) is 11.1. The lowest BCUT2D eigenvalue weighted by Gasteiger charge is -2.33. The molecule has 4 heteroatoms. The Labute approximate surface area is 88.7 Å². The molecular weight excluding hydrogens is 194 g/mol. The molecule has 4 nitrogen and oxygen atoms in total. The van der Waals surface area contributed by atoms with Crippen molar-refractivity contribution in [3.8, 4) is 0 Å². The predicted molar refractivity (Wildman–Crippen MR) is 53.9 cm³/mol. The minimum absolute atomic E-state index is 0.0962. The maximum atomic E-state index is 11.8. The molecule has 0 aromatic heterocycles. The summed E-state index contributed by atoms with van der Waals surface area (Å²) in [5.74, 6) is -0.00398. The fourth-order valence-electron chi connectivity index (χ4n) is 2.78. The average molecular weight is 209 g/mol. The number of ether oxygens (including phenoxy) is 1. The van der Waals surface area contributed by atoms with Gasteiger partial charge in [-0.3, -0.25) is 4.79 Å². The minimum atomic E-state index is -0.806. The number of amides is 1. The molecule has 82 valence electrons. The Bertz CT molecular complexity index is 337. The Hall–Kier alpha value is -1.32. The van der Waals surface area contributed by atoms with Crippen molar-refractivity contribution < 1.29 is 14.3 Å². The van der Waals surface area contributed by atoms with Crippen LogP contribution in [0.15, 0.2) is 12.2 Å². The molecule has 0 heterocycles. The Morgan fingerprint density at radius 3 is 2.60 bits per heavy atom. The maximum Gasteiger partial charge on any atom is 0.332 e. The van der Waals surface area contributed by atoms with E-state index in [0.29, 0.717) is 12.3 Å². The van der Waals surface area contributed by atoms with E-state index in [-0.39, 0.29) is 17.8 Å². The first-order valence-electron chi connectivity index (χ1n) is 5.14. The Balaban J connectivity index is 2.28. The summed E-state index contributed by atoms with van der Waals surface area (Å²) in [5.41, 5.74) is -0.806. The molecule has 2 aliphatic rings. The number of hydrogen-bond acceptors (Lipinski definition) is 3. The van der Waals surface area contributed by atoms with Crippen molar-refractivity contribution in [1.82, 2.24) is 5.32 Å². The highest BCUT2D eigenvalue weighted by atomic mass is 16.5. The molecule has 0 aliphatic heterocycles. The smallest absolute Gasteiger partial charge is 0.332 e. The van der Waals surface area contributed by atoms with E-state index in [9.17, 15) is 9.59 Å². The number of allylic oxidation sites excluding steroid dienone is 1. The van der Waals surface area contributed by atoms with Crippen molar-refractivity contribution in [3.05, 3.63) is 12.2 Å². The number of esters is 1. The average Bonchev–Trinajstić information content (AvgIpc) is 2.75. The van der Waals surface area contributed by atoms with Gasteiger partial charge in [0.2, 0.25) is 5.91 Å². The van der Waals surface area contributed by atoms with E-state index in [1.165, 1.54) is 14.0 Å². The molecule has 2 bridgehead atoms. The van der Waals surface area contributed by atoms with Crippen LogP contribution < -0.4 is 5.32 Å². The third kappa shape index (κ3) is 1.44. The third-order valence-electron chi connectivity index (χ3n) is 3.34. The summed E-state index contributed by atoms with van der Waals surface area (Å²) in [6, 6.07) is 0. The highest BCUT2D eigenvalue weighted by Gasteiger charge is 2.55. The molecule has 15 heavy (non-hydrogen) atoms. The lowest BCUT2D eigenvalue weighted by Crippen LogP contribution is -2.57. The Kier molecular flexibility index (Phi) is 2.29. The fraction of sp³-hybridized carbons (Fsp3) is 0.636. The molecule has 0 aromatic carbocycles. The van der Waals surface area contributed by atoms with Crippen LogP contribution in [-0.2, 0) is 14.3 Å². The van der Waals surface area contributed by atoms with Gasteiger partial charge in [-0.15, -0.1) is 0 Å². The number of hydrogen-bond donors (Lipinski definition) is 1. The summed E-state index contributed by atoms with van der Waals surface area (Å²) in [5, 5.41) is 2.77. The van der Waals surface area contributed by atoms with Gasteiger partial charge in [-0.1, -0.05) is 12.2 Å². The van der Waals surface area contributed by atoms with Crippen LogP contribution in [0.2, 0.25) is 0 Å². The summed E-state index contributed by atoms with van der Waals surface area (Å²) in [7, 11) is 1.36. The monoisotopic (exact) mass is 209 g/mol. The quantitative estimate of drug-likeness (QED) is 0.536. The van der Waals surface area contributed by atoms with Crippen molar-refractivity contribution >= 4 is 11.9 Å². The summed E-state index contributed by atoms with van der Waals surface area (Å²) in [4.78, 5) is 22.9. The van der Waals surface area contributed by atoms with Crippen LogP contribution in [0.4, 0.5) is 0 Å². The molecule has 0 spiro atoms. The van der Waals surface area contributed by atoms with Crippen LogP contribution in [-0.4, -0.2) is 24.5 Å². The van der Waals surface area contributed by atoms with Gasteiger partial charge in [0.1, 0.15) is 5.54 Å². The molecule has 0 radical (unpaired) electrons. The van der Waals surface area contributed by atoms with Gasteiger partial charge in [0.15, 0.2) is 0 Å². The van der Waals surface area contributed by atoms with Gasteiger partial charge in [0.05, 0.1) is 7.11 Å². The minimum Gasteiger partial charge on any atom is -0.467 e. The van der Waals surface area contributed by atoms with Crippen molar-refractivity contribution in [2.45, 2.75) is 25.3 Å². The highest BCUT2D eigenvalue weighted by Crippen LogP contribution is 2.46. The molecule has 1 amide bonds. The van der Waals surface area contributed by atoms with Crippen molar-refractivity contribution in [2.75, 3.05) is 7.11 Å². The number of nitrogens with one attached hydrogen (secondary N) is 1. The number of carbonyl (C=O) groups is 2. The molecule has 2 rings (SSSR count). The second kappa shape index (κ2) is 3.36. The summed E-state index contributed by atoms with van der Waals surface area (Å²) in [6.45, 7) is 1.43. The molecule has 0 unspecified atom stereocenters. The van der Waals surface area contributed by atoms with E-state index in [1.807, 2.05) is 6.08 Å². The topological polar surface area (TPSA) is 55.4 Å². The molecule has 1 fully saturated rings. The van der Waals surface area contributed by atoms with Gasteiger partial charge >= 0.3 is 5.97 Å². The number of rotatable bonds is 2. The van der Waals surface area contributed by atoms with Gasteiger partial charge < -0.3 is 10.1 Å². The third-order valence-corrected chi connectivity index (χ3v) is 3.34. The molecule has 1 saturated carbocycles. The van der Waals surface area contributed by atoms with E-state index in [4.69, 9.17) is 4.74 Å². The van der Waals surface area contributed by atoms with Gasteiger partial charge in [0.25, 0.3) is 0 Å². The van der Waals surface area contributed by atoms with Crippen LogP contribution in [0, 0.1) is 11.8 Å². The maximum absolute atomic E-state index is 11.8. The Morgan fingerprint density at radius 2 is 2.20 bits per heavy atom. The van der Waals surface area contributed by atoms with Crippen molar-refractivity contribution in [1.29, 1.82) is 0 Å². The molecule has 0 saturated heterocycles. The number of methoxy groups -OCH3 is 1. The van der Waals surface area contributed by atoms with E-state index < -0.39 is 5.54 Å². The van der Waals surface area contributed by atoms with Gasteiger partial charge in [-0.05, 0) is 18.8 Å². The van der Waals surface area contributed by atoms with Crippen molar-refractivity contribution in [2.24, 2.45) is 11.8 Å². The largest absolute Gasteiger partial charge is 0.467 e. The van der Waals surface area contributed by atoms with E-state index in [2.05, 4.69) is 11.4 Å². The number of fused-ring (bicyclic) bond motifs is 2. The molecule has 1 N–H and O–H groups in total. The summed E-state index contributed by atoms with van der Waals surface area (Å²) < 4.78 is 4.80. The molecule has 0 aromatic rings. The zero-order valence-corrected chi connectivity index (χ0v) is 8.95. The standard InChI is InChI=1S/C11H15NO3/c1-7(13)12-11(10(14)15-2)6-8-3-4-9(11)5-8/h3-4,8-9H,5-6H2,1-2H3,(H,12,13)/t8-,9+,11+/m0/s1. The lowest BCUT2D eigenvalue weighted by atomic mass is 9.84. The van der Waals surface area contributed by atoms with E-state index in [1.54, 1.807) is 0 Å². The first-order chi connectivity index (χ1) is 7.08. The summed E-state index contributed by atoms with van der Waals surface area (Å²) in [6.07, 6.45) is 5.74. The molecule has 2 aliphatic carbocycles. The SMILES string of the molecule is COC(=O)[C@@]1(NC(C)=O)C[C@H]2C=C[C@@H]1C2. The second-order valence-electron chi connectivity index (χ2n) is 4.34. The van der Waals surface area contributed by atoms with Crippen molar-refractivity contribution in [3.63, 3.8) is 0 Å². The van der Waals surface area contributed by atoms with Gasteiger partial charge in [-0.2, -0.15) is 0 Å². The van der Waals surface area contributed by atoms with Crippen LogP contribution in [0.3, 0.4) is 0 Å². The molecule has 3 atom stereocenters. The van der Waals surface area contributed by atoms with E-state index in [0.717, 1.165) is 6.42 Å². The van der Waals surface area contributed by atoms with Crippen LogP contribution in [0.25, 0.3) is 0 Å². The van der Waals surface area contributed by atoms with Gasteiger partial charge in [0, 0.05) is 12.8 Å². The second-order valence-corrected chi connectivity index (χ2v) is 4.34. The van der Waals surface area contributed by atoms with Crippen LogP contribution in [0.1, 0.15) is 19.8 Å². The van der Waals surface area contributed by atoms with E-state index >= 15 is 0 Å². The van der Waals surface area contributed by atoms with Crippen LogP contribution in [0.5, 0.6) is 0 Å².